The molecule has 0 aliphatic carbocycles. The van der Waals surface area contributed by atoms with Crippen molar-refractivity contribution in [2.45, 2.75) is 12.5 Å². The molecule has 1 unspecified atom stereocenters. The first-order valence-electron chi connectivity index (χ1n) is 7.73. The zero-order valence-electron chi connectivity index (χ0n) is 15.1. The number of aliphatic imine (C=N–C) groups is 1. The summed E-state index contributed by atoms with van der Waals surface area (Å²) in [6.07, 6.45) is 0. The summed E-state index contributed by atoms with van der Waals surface area (Å²) in [6, 6.07) is 8.03. The number of guanidine groups is 1. The van der Waals surface area contributed by atoms with Gasteiger partial charge in [0.05, 0.1) is 26.5 Å². The van der Waals surface area contributed by atoms with E-state index in [0.717, 1.165) is 6.07 Å². The highest BCUT2D eigenvalue weighted by molar-refractivity contribution is 14.0. The Kier molecular flexibility index (Phi) is 8.22. The Labute approximate surface area is 173 Å². The van der Waals surface area contributed by atoms with Gasteiger partial charge in [-0.15, -0.1) is 24.0 Å². The van der Waals surface area contributed by atoms with E-state index in [1.54, 1.807) is 18.2 Å². The summed E-state index contributed by atoms with van der Waals surface area (Å²) >= 11 is 0. The van der Waals surface area contributed by atoms with Crippen molar-refractivity contribution >= 4 is 35.6 Å². The number of methoxy groups -OCH3 is 2. The summed E-state index contributed by atoms with van der Waals surface area (Å²) in [7, 11) is 3.03. The van der Waals surface area contributed by atoms with E-state index in [9.17, 15) is 13.9 Å². The summed E-state index contributed by atoms with van der Waals surface area (Å²) < 4.78 is 37.3. The summed E-state index contributed by atoms with van der Waals surface area (Å²) in [5.41, 5.74) is 4.62. The lowest BCUT2D eigenvalue weighted by molar-refractivity contribution is 0.0634. The average Bonchev–Trinajstić information content (AvgIpc) is 2.59. The maximum absolute atomic E-state index is 13.9. The Hall–Kier alpha value is -2.14. The second kappa shape index (κ2) is 9.70. The van der Waals surface area contributed by atoms with E-state index in [4.69, 9.17) is 15.2 Å². The number of anilines is 1. The number of halogens is 3. The second-order valence-corrected chi connectivity index (χ2v) is 5.79. The van der Waals surface area contributed by atoms with Crippen LogP contribution in [-0.2, 0) is 5.60 Å². The first-order valence-corrected chi connectivity index (χ1v) is 7.73. The van der Waals surface area contributed by atoms with Crippen LogP contribution in [0.25, 0.3) is 0 Å². The molecule has 0 radical (unpaired) electrons. The fourth-order valence-corrected chi connectivity index (χ4v) is 2.34. The highest BCUT2D eigenvalue weighted by atomic mass is 127. The van der Waals surface area contributed by atoms with Gasteiger partial charge in [0.15, 0.2) is 5.96 Å². The second-order valence-electron chi connectivity index (χ2n) is 5.79. The van der Waals surface area contributed by atoms with Crippen molar-refractivity contribution in [3.05, 3.63) is 53.6 Å². The van der Waals surface area contributed by atoms with Crippen LogP contribution in [0.4, 0.5) is 14.5 Å². The summed E-state index contributed by atoms with van der Waals surface area (Å²) in [6.45, 7) is 1.13. The number of nitrogens with two attached hydrogens (primary N) is 1. The monoisotopic (exact) mass is 493 g/mol. The van der Waals surface area contributed by atoms with Gasteiger partial charge < -0.3 is 25.6 Å². The molecule has 148 valence electrons. The van der Waals surface area contributed by atoms with E-state index in [-0.39, 0.29) is 42.0 Å². The molecule has 0 amide bonds. The summed E-state index contributed by atoms with van der Waals surface area (Å²) in [5, 5.41) is 13.3. The van der Waals surface area contributed by atoms with Crippen LogP contribution in [0.5, 0.6) is 11.5 Å². The Bertz CT molecular complexity index is 816. The van der Waals surface area contributed by atoms with Gasteiger partial charge in [0.25, 0.3) is 0 Å². The standard InChI is InChI=1S/C18H21F2N3O3.HI/c1-18(24,13-6-4-11(19)8-14(13)20)10-22-17(21)23-15-9-12(25-2)5-7-16(15)26-3;/h4-9,24H,10H2,1-3H3,(H3,21,22,23);1H. The number of hydrogen-bond acceptors (Lipinski definition) is 4. The molecule has 0 heterocycles. The molecule has 2 aromatic rings. The lowest BCUT2D eigenvalue weighted by Gasteiger charge is -2.22. The number of ether oxygens (including phenoxy) is 2. The Morgan fingerprint density at radius 3 is 2.48 bits per heavy atom. The van der Waals surface area contributed by atoms with Crippen LogP contribution in [-0.4, -0.2) is 31.8 Å². The maximum Gasteiger partial charge on any atom is 0.193 e. The van der Waals surface area contributed by atoms with Crippen molar-refractivity contribution < 1.29 is 23.4 Å². The van der Waals surface area contributed by atoms with Crippen LogP contribution < -0.4 is 20.5 Å². The molecule has 9 heteroatoms. The van der Waals surface area contributed by atoms with Gasteiger partial charge in [-0.1, -0.05) is 6.07 Å². The van der Waals surface area contributed by atoms with Crippen molar-refractivity contribution in [3.8, 4) is 11.5 Å². The quantitative estimate of drug-likeness (QED) is 0.327. The van der Waals surface area contributed by atoms with E-state index < -0.39 is 17.2 Å². The van der Waals surface area contributed by atoms with Gasteiger partial charge >= 0.3 is 0 Å². The third-order valence-electron chi connectivity index (χ3n) is 3.74. The zero-order valence-corrected chi connectivity index (χ0v) is 17.5. The fourth-order valence-electron chi connectivity index (χ4n) is 2.34. The van der Waals surface area contributed by atoms with Gasteiger partial charge in [0.2, 0.25) is 0 Å². The number of nitrogens with zero attached hydrogens (tertiary/aromatic N) is 1. The third-order valence-corrected chi connectivity index (χ3v) is 3.74. The lowest BCUT2D eigenvalue weighted by atomic mass is 9.95. The van der Waals surface area contributed by atoms with Crippen LogP contribution >= 0.6 is 24.0 Å². The first kappa shape index (κ1) is 22.9. The molecule has 0 aliphatic heterocycles. The van der Waals surface area contributed by atoms with Gasteiger partial charge in [-0.2, -0.15) is 0 Å². The van der Waals surface area contributed by atoms with E-state index in [1.165, 1.54) is 27.2 Å². The molecular formula is C18H22F2IN3O3. The molecule has 0 aromatic heterocycles. The lowest BCUT2D eigenvalue weighted by Crippen LogP contribution is -2.30. The molecule has 0 aliphatic rings. The van der Waals surface area contributed by atoms with Gasteiger partial charge in [-0.25, -0.2) is 13.8 Å². The van der Waals surface area contributed by atoms with Crippen molar-refractivity contribution in [2.75, 3.05) is 26.1 Å². The van der Waals surface area contributed by atoms with Crippen LogP contribution in [0, 0.1) is 11.6 Å². The largest absolute Gasteiger partial charge is 0.497 e. The van der Waals surface area contributed by atoms with Gasteiger partial charge in [-0.3, -0.25) is 0 Å². The van der Waals surface area contributed by atoms with E-state index in [0.29, 0.717) is 23.3 Å². The third kappa shape index (κ3) is 5.93. The summed E-state index contributed by atoms with van der Waals surface area (Å²) in [4.78, 5) is 4.04. The molecule has 0 spiro atoms. The summed E-state index contributed by atoms with van der Waals surface area (Å²) in [5.74, 6) is -0.496. The molecule has 0 saturated carbocycles. The van der Waals surface area contributed by atoms with Gasteiger partial charge in [-0.05, 0) is 25.1 Å². The molecule has 0 fully saturated rings. The highest BCUT2D eigenvalue weighted by Crippen LogP contribution is 2.29. The topological polar surface area (TPSA) is 89.1 Å². The van der Waals surface area contributed by atoms with E-state index >= 15 is 0 Å². The Morgan fingerprint density at radius 2 is 1.89 bits per heavy atom. The van der Waals surface area contributed by atoms with Gasteiger partial charge in [0.1, 0.15) is 28.7 Å². The number of benzene rings is 2. The minimum Gasteiger partial charge on any atom is -0.497 e. The van der Waals surface area contributed by atoms with Crippen LogP contribution in [0.1, 0.15) is 12.5 Å². The maximum atomic E-state index is 13.9. The van der Waals surface area contributed by atoms with Crippen LogP contribution in [0.2, 0.25) is 0 Å². The molecular weight excluding hydrogens is 471 g/mol. The predicted octanol–water partition coefficient (Wildman–Crippen LogP) is 3.23. The van der Waals surface area contributed by atoms with Crippen molar-refractivity contribution in [1.29, 1.82) is 0 Å². The van der Waals surface area contributed by atoms with E-state index in [2.05, 4.69) is 10.3 Å². The molecule has 6 nitrogen and oxygen atoms in total. The Balaban J connectivity index is 0.00000364. The van der Waals surface area contributed by atoms with Crippen molar-refractivity contribution in [3.63, 3.8) is 0 Å². The smallest absolute Gasteiger partial charge is 0.193 e. The molecule has 2 rings (SSSR count). The van der Waals surface area contributed by atoms with Crippen molar-refractivity contribution in [1.82, 2.24) is 0 Å². The predicted molar refractivity (Wildman–Crippen MR) is 111 cm³/mol. The minimum atomic E-state index is -1.66. The average molecular weight is 493 g/mol. The minimum absolute atomic E-state index is 0. The van der Waals surface area contributed by atoms with Crippen molar-refractivity contribution in [2.24, 2.45) is 10.7 Å². The number of nitrogens with one attached hydrogen (secondary N) is 1. The van der Waals surface area contributed by atoms with E-state index in [1.807, 2.05) is 0 Å². The molecule has 27 heavy (non-hydrogen) atoms. The van der Waals surface area contributed by atoms with Gasteiger partial charge in [0, 0.05) is 17.7 Å². The SMILES string of the molecule is COc1ccc(OC)c(NC(N)=NCC(C)(O)c2ccc(F)cc2F)c1.I. The number of aliphatic hydroxyl groups is 1. The van der Waals surface area contributed by atoms with Crippen LogP contribution in [0.3, 0.4) is 0 Å². The van der Waals surface area contributed by atoms with Crippen LogP contribution in [0.15, 0.2) is 41.4 Å². The molecule has 0 bridgehead atoms. The Morgan fingerprint density at radius 1 is 1.19 bits per heavy atom. The number of hydrogen-bond donors (Lipinski definition) is 3. The molecule has 4 N–H and O–H groups in total. The normalized spacial score (nSPS) is 13.3. The molecule has 1 atom stereocenters. The fraction of sp³-hybridized carbons (Fsp3) is 0.278. The highest BCUT2D eigenvalue weighted by Gasteiger charge is 2.26. The molecule has 0 saturated heterocycles. The number of rotatable bonds is 6. The molecule has 2 aromatic carbocycles. The zero-order chi connectivity index (χ0) is 19.3. The first-order chi connectivity index (χ1) is 12.3.